The number of rotatable bonds is 9. The van der Waals surface area contributed by atoms with Gasteiger partial charge in [0, 0.05) is 30.5 Å². The van der Waals surface area contributed by atoms with Crippen molar-refractivity contribution < 1.29 is 29.0 Å². The molecular formula is C23H34N4O6. The third-order valence-electron chi connectivity index (χ3n) is 6.09. The highest BCUT2D eigenvalue weighted by Crippen LogP contribution is 2.36. The van der Waals surface area contributed by atoms with Crippen LogP contribution in [0.1, 0.15) is 56.1 Å². The highest BCUT2D eigenvalue weighted by atomic mass is 16.5. The largest absolute Gasteiger partial charge is 0.465 e. The van der Waals surface area contributed by atoms with E-state index in [2.05, 4.69) is 10.1 Å². The van der Waals surface area contributed by atoms with Gasteiger partial charge in [-0.1, -0.05) is 6.92 Å². The summed E-state index contributed by atoms with van der Waals surface area (Å²) in [4.78, 5) is 43.8. The summed E-state index contributed by atoms with van der Waals surface area (Å²) >= 11 is 0. The molecule has 1 aliphatic heterocycles. The fourth-order valence-corrected chi connectivity index (χ4v) is 4.10. The molecule has 2 aliphatic rings. The standard InChI is InChI=1S/C23H34N4O6/c1-4-17-12-16(13-18(25-17)6-5-9-24-22(29)32-3)15(2)27(19-7-8-19)21(28)20-14-26(23(30)31)10-11-33-20/h12-13,15,19-20H,4-11,14H2,1-3H3,(H,24,29)(H,30,31)/t15?,20-/m1/s1. The zero-order valence-corrected chi connectivity index (χ0v) is 19.6. The molecule has 2 heterocycles. The van der Waals surface area contributed by atoms with Crippen molar-refractivity contribution in [3.63, 3.8) is 0 Å². The van der Waals surface area contributed by atoms with E-state index in [1.165, 1.54) is 12.0 Å². The Kier molecular flexibility index (Phi) is 8.49. The molecule has 0 radical (unpaired) electrons. The van der Waals surface area contributed by atoms with Gasteiger partial charge in [0.2, 0.25) is 0 Å². The number of carbonyl (C=O) groups is 3. The summed E-state index contributed by atoms with van der Waals surface area (Å²) in [5.74, 6) is -0.158. The number of hydrogen-bond acceptors (Lipinski definition) is 6. The normalized spacial score (nSPS) is 19.0. The van der Waals surface area contributed by atoms with E-state index in [1.807, 2.05) is 30.9 Å². The van der Waals surface area contributed by atoms with Gasteiger partial charge in [0.05, 0.1) is 26.3 Å². The van der Waals surface area contributed by atoms with Gasteiger partial charge < -0.3 is 29.7 Å². The highest BCUT2D eigenvalue weighted by molar-refractivity contribution is 5.83. The molecule has 1 aromatic rings. The Labute approximate surface area is 194 Å². The Hall–Kier alpha value is -2.88. The number of hydrogen-bond donors (Lipinski definition) is 2. The number of methoxy groups -OCH3 is 1. The number of pyridine rings is 1. The number of amides is 3. The molecule has 10 heteroatoms. The van der Waals surface area contributed by atoms with Crippen LogP contribution in [0.2, 0.25) is 0 Å². The monoisotopic (exact) mass is 462 g/mol. The maximum Gasteiger partial charge on any atom is 0.407 e. The lowest BCUT2D eigenvalue weighted by Crippen LogP contribution is -2.53. The van der Waals surface area contributed by atoms with E-state index < -0.39 is 18.3 Å². The number of carboxylic acid groups (broad SMARTS) is 1. The molecule has 0 aromatic carbocycles. The Morgan fingerprint density at radius 3 is 2.70 bits per heavy atom. The van der Waals surface area contributed by atoms with Crippen LogP contribution >= 0.6 is 0 Å². The number of aromatic nitrogens is 1. The molecule has 1 saturated carbocycles. The Balaban J connectivity index is 1.73. The molecule has 1 aliphatic carbocycles. The minimum absolute atomic E-state index is 0.0547. The van der Waals surface area contributed by atoms with E-state index in [-0.39, 0.29) is 37.7 Å². The van der Waals surface area contributed by atoms with Crippen LogP contribution in [0.15, 0.2) is 12.1 Å². The lowest BCUT2D eigenvalue weighted by Gasteiger charge is -2.36. The first-order valence-electron chi connectivity index (χ1n) is 11.6. The van der Waals surface area contributed by atoms with Gasteiger partial charge in [-0.2, -0.15) is 0 Å². The number of aryl methyl sites for hydroxylation is 2. The first-order valence-corrected chi connectivity index (χ1v) is 11.6. The molecule has 1 aromatic heterocycles. The SMILES string of the molecule is CCc1cc(C(C)N(C(=O)[C@H]2CN(C(=O)O)CCO2)C2CC2)cc(CCCNC(=O)OC)n1. The van der Waals surface area contributed by atoms with E-state index in [9.17, 15) is 19.5 Å². The van der Waals surface area contributed by atoms with Gasteiger partial charge in [0.1, 0.15) is 0 Å². The predicted octanol–water partition coefficient (Wildman–Crippen LogP) is 2.36. The fourth-order valence-electron chi connectivity index (χ4n) is 4.10. The van der Waals surface area contributed by atoms with Crippen LogP contribution in [0.5, 0.6) is 0 Å². The van der Waals surface area contributed by atoms with E-state index >= 15 is 0 Å². The Morgan fingerprint density at radius 1 is 1.33 bits per heavy atom. The van der Waals surface area contributed by atoms with Crippen LogP contribution in [0.3, 0.4) is 0 Å². The van der Waals surface area contributed by atoms with Crippen molar-refractivity contribution in [3.05, 3.63) is 29.1 Å². The molecule has 1 saturated heterocycles. The van der Waals surface area contributed by atoms with E-state index in [0.717, 1.165) is 42.6 Å². The summed E-state index contributed by atoms with van der Waals surface area (Å²) in [7, 11) is 1.33. The van der Waals surface area contributed by atoms with E-state index in [4.69, 9.17) is 9.72 Å². The summed E-state index contributed by atoms with van der Waals surface area (Å²) in [5, 5.41) is 12.0. The van der Waals surface area contributed by atoms with Crippen molar-refractivity contribution in [1.82, 2.24) is 20.1 Å². The van der Waals surface area contributed by atoms with E-state index in [1.54, 1.807) is 0 Å². The zero-order valence-electron chi connectivity index (χ0n) is 19.6. The number of carbonyl (C=O) groups excluding carboxylic acids is 2. The van der Waals surface area contributed by atoms with Crippen molar-refractivity contribution in [2.24, 2.45) is 0 Å². The summed E-state index contributed by atoms with van der Waals surface area (Å²) in [6.07, 6.45) is 1.77. The molecule has 3 amide bonds. The van der Waals surface area contributed by atoms with Gasteiger partial charge >= 0.3 is 12.2 Å². The maximum absolute atomic E-state index is 13.4. The summed E-state index contributed by atoms with van der Waals surface area (Å²) in [6, 6.07) is 4.02. The molecule has 1 unspecified atom stereocenters. The molecule has 2 fully saturated rings. The van der Waals surface area contributed by atoms with Gasteiger partial charge in [0.15, 0.2) is 6.10 Å². The number of morpholine rings is 1. The molecule has 3 rings (SSSR count). The van der Waals surface area contributed by atoms with Crippen molar-refractivity contribution in [2.75, 3.05) is 33.4 Å². The third kappa shape index (κ3) is 6.56. The Morgan fingerprint density at radius 2 is 2.06 bits per heavy atom. The predicted molar refractivity (Wildman–Crippen MR) is 120 cm³/mol. The molecule has 2 atom stereocenters. The Bertz CT molecular complexity index is 859. The smallest absolute Gasteiger partial charge is 0.407 e. The van der Waals surface area contributed by atoms with Gasteiger partial charge in [-0.3, -0.25) is 9.78 Å². The van der Waals surface area contributed by atoms with Crippen LogP contribution in [-0.2, 0) is 27.1 Å². The van der Waals surface area contributed by atoms with Crippen LogP contribution < -0.4 is 5.32 Å². The van der Waals surface area contributed by atoms with Gasteiger partial charge in [-0.15, -0.1) is 0 Å². The van der Waals surface area contributed by atoms with E-state index in [0.29, 0.717) is 13.0 Å². The van der Waals surface area contributed by atoms with Crippen LogP contribution in [0.4, 0.5) is 9.59 Å². The lowest BCUT2D eigenvalue weighted by atomic mass is 10.0. The number of nitrogens with zero attached hydrogens (tertiary/aromatic N) is 3. The summed E-state index contributed by atoms with van der Waals surface area (Å²) < 4.78 is 10.3. The van der Waals surface area contributed by atoms with Crippen LogP contribution in [0.25, 0.3) is 0 Å². The van der Waals surface area contributed by atoms with Gasteiger partial charge in [-0.05, 0) is 56.7 Å². The molecular weight excluding hydrogens is 428 g/mol. The van der Waals surface area contributed by atoms with Crippen LogP contribution in [0, 0.1) is 0 Å². The molecule has 0 spiro atoms. The minimum Gasteiger partial charge on any atom is -0.465 e. The number of nitrogens with one attached hydrogen (secondary N) is 1. The molecule has 33 heavy (non-hydrogen) atoms. The highest BCUT2D eigenvalue weighted by Gasteiger charge is 2.41. The van der Waals surface area contributed by atoms with Crippen LogP contribution in [-0.4, -0.2) is 83.5 Å². The first-order chi connectivity index (χ1) is 15.8. The average molecular weight is 463 g/mol. The summed E-state index contributed by atoms with van der Waals surface area (Å²) in [5.41, 5.74) is 2.87. The average Bonchev–Trinajstić information content (AvgIpc) is 3.66. The lowest BCUT2D eigenvalue weighted by molar-refractivity contribution is -0.151. The summed E-state index contributed by atoms with van der Waals surface area (Å²) in [6.45, 7) is 5.08. The number of alkyl carbamates (subject to hydrolysis) is 1. The molecule has 182 valence electrons. The number of ether oxygens (including phenoxy) is 2. The topological polar surface area (TPSA) is 121 Å². The molecule has 10 nitrogen and oxygen atoms in total. The van der Waals surface area contributed by atoms with Gasteiger partial charge in [0.25, 0.3) is 5.91 Å². The molecule has 0 bridgehead atoms. The van der Waals surface area contributed by atoms with Gasteiger partial charge in [-0.25, -0.2) is 9.59 Å². The first kappa shape index (κ1) is 24.8. The minimum atomic E-state index is -1.03. The zero-order chi connectivity index (χ0) is 24.0. The second-order valence-electron chi connectivity index (χ2n) is 8.50. The second kappa shape index (κ2) is 11.3. The van der Waals surface area contributed by atoms with Crippen molar-refractivity contribution >= 4 is 18.1 Å². The third-order valence-corrected chi connectivity index (χ3v) is 6.09. The second-order valence-corrected chi connectivity index (χ2v) is 8.50. The van der Waals surface area contributed by atoms with Crippen molar-refractivity contribution in [1.29, 1.82) is 0 Å². The fraction of sp³-hybridized carbons (Fsp3) is 0.652. The van der Waals surface area contributed by atoms with Crippen molar-refractivity contribution in [3.8, 4) is 0 Å². The maximum atomic E-state index is 13.4. The van der Waals surface area contributed by atoms with Crippen molar-refractivity contribution in [2.45, 2.75) is 64.1 Å². The quantitative estimate of drug-likeness (QED) is 0.540. The molecule has 2 N–H and O–H groups in total.